The van der Waals surface area contributed by atoms with Crippen molar-refractivity contribution in [3.05, 3.63) is 12.2 Å². The van der Waals surface area contributed by atoms with Gasteiger partial charge in [0.05, 0.1) is 38.6 Å². The Morgan fingerprint density at radius 1 is 0.900 bits per heavy atom. The fraction of sp³-hybridized carbons (Fsp3) is 0.714. The lowest BCUT2D eigenvalue weighted by molar-refractivity contribution is -0.140. The molecule has 2 atom stereocenters. The summed E-state index contributed by atoms with van der Waals surface area (Å²) in [5, 5.41) is 0. The standard InChI is InChI=1S/C14H20O6/c15-13(17-7-1-3-11-9-19-11)5-6-14(16)18-8-2-4-12-10-20-12/h5-6,11-12H,1-4,7-10H2/b6-5-. The van der Waals surface area contributed by atoms with Crippen LogP contribution in [0.2, 0.25) is 0 Å². The summed E-state index contributed by atoms with van der Waals surface area (Å²) >= 11 is 0. The summed E-state index contributed by atoms with van der Waals surface area (Å²) in [6.07, 6.45) is 6.25. The average molecular weight is 284 g/mol. The zero-order valence-electron chi connectivity index (χ0n) is 11.4. The number of carbonyl (C=O) groups is 2. The van der Waals surface area contributed by atoms with Gasteiger partial charge in [0.15, 0.2) is 0 Å². The quantitative estimate of drug-likeness (QED) is 0.258. The molecule has 20 heavy (non-hydrogen) atoms. The van der Waals surface area contributed by atoms with Crippen molar-refractivity contribution in [2.45, 2.75) is 37.9 Å². The van der Waals surface area contributed by atoms with Crippen molar-refractivity contribution < 1.29 is 28.5 Å². The van der Waals surface area contributed by atoms with Gasteiger partial charge in [-0.1, -0.05) is 0 Å². The van der Waals surface area contributed by atoms with Gasteiger partial charge in [-0.2, -0.15) is 0 Å². The first-order chi connectivity index (χ1) is 9.74. The van der Waals surface area contributed by atoms with Gasteiger partial charge in [-0.15, -0.1) is 0 Å². The molecule has 2 heterocycles. The van der Waals surface area contributed by atoms with E-state index < -0.39 is 11.9 Å². The van der Waals surface area contributed by atoms with Crippen LogP contribution in [0.15, 0.2) is 12.2 Å². The smallest absolute Gasteiger partial charge is 0.331 e. The second kappa shape index (κ2) is 8.01. The zero-order valence-corrected chi connectivity index (χ0v) is 11.4. The van der Waals surface area contributed by atoms with E-state index in [9.17, 15) is 9.59 Å². The fourth-order valence-corrected chi connectivity index (χ4v) is 1.67. The molecule has 0 amide bonds. The van der Waals surface area contributed by atoms with Crippen molar-refractivity contribution in [2.24, 2.45) is 0 Å². The number of ether oxygens (including phenoxy) is 4. The summed E-state index contributed by atoms with van der Waals surface area (Å²) in [4.78, 5) is 22.5. The van der Waals surface area contributed by atoms with Crippen LogP contribution in [0.4, 0.5) is 0 Å². The number of carbonyl (C=O) groups excluding carboxylic acids is 2. The van der Waals surface area contributed by atoms with E-state index in [0.29, 0.717) is 25.4 Å². The molecule has 0 spiro atoms. The molecule has 2 aliphatic heterocycles. The Morgan fingerprint density at radius 2 is 1.30 bits per heavy atom. The van der Waals surface area contributed by atoms with Crippen molar-refractivity contribution in [3.63, 3.8) is 0 Å². The van der Waals surface area contributed by atoms with Crippen molar-refractivity contribution in [1.82, 2.24) is 0 Å². The van der Waals surface area contributed by atoms with E-state index in [1.54, 1.807) is 0 Å². The molecule has 0 radical (unpaired) electrons. The Labute approximate surface area is 118 Å². The summed E-state index contributed by atoms with van der Waals surface area (Å²) in [6.45, 7) is 2.32. The van der Waals surface area contributed by atoms with Crippen LogP contribution in [-0.4, -0.2) is 50.6 Å². The van der Waals surface area contributed by atoms with Gasteiger partial charge in [0, 0.05) is 12.2 Å². The van der Waals surface area contributed by atoms with E-state index in [-0.39, 0.29) is 0 Å². The first-order valence-corrected chi connectivity index (χ1v) is 6.99. The van der Waals surface area contributed by atoms with E-state index in [4.69, 9.17) is 18.9 Å². The van der Waals surface area contributed by atoms with E-state index in [2.05, 4.69) is 0 Å². The van der Waals surface area contributed by atoms with E-state index in [0.717, 1.165) is 51.0 Å². The van der Waals surface area contributed by atoms with Crippen LogP contribution in [0.25, 0.3) is 0 Å². The monoisotopic (exact) mass is 284 g/mol. The van der Waals surface area contributed by atoms with Gasteiger partial charge in [0.1, 0.15) is 0 Å². The van der Waals surface area contributed by atoms with Gasteiger partial charge >= 0.3 is 11.9 Å². The molecule has 2 fully saturated rings. The number of hydrogen-bond acceptors (Lipinski definition) is 6. The maximum absolute atomic E-state index is 11.3. The number of rotatable bonds is 10. The molecule has 6 heteroatoms. The van der Waals surface area contributed by atoms with Gasteiger partial charge < -0.3 is 18.9 Å². The molecule has 0 saturated carbocycles. The minimum absolute atomic E-state index is 0.347. The molecule has 0 aromatic heterocycles. The van der Waals surface area contributed by atoms with Crippen LogP contribution < -0.4 is 0 Å². The van der Waals surface area contributed by atoms with Crippen LogP contribution in [0.5, 0.6) is 0 Å². The lowest BCUT2D eigenvalue weighted by Gasteiger charge is -2.01. The molecule has 0 N–H and O–H groups in total. The molecule has 2 unspecified atom stereocenters. The lowest BCUT2D eigenvalue weighted by Crippen LogP contribution is -2.07. The second-order valence-corrected chi connectivity index (χ2v) is 4.86. The number of epoxide rings is 2. The minimum atomic E-state index is -0.523. The molecule has 112 valence electrons. The lowest BCUT2D eigenvalue weighted by atomic mass is 10.2. The van der Waals surface area contributed by atoms with E-state index >= 15 is 0 Å². The Balaban J connectivity index is 1.44. The highest BCUT2D eigenvalue weighted by Crippen LogP contribution is 2.15. The second-order valence-electron chi connectivity index (χ2n) is 4.86. The maximum atomic E-state index is 11.3. The third kappa shape index (κ3) is 7.25. The van der Waals surface area contributed by atoms with Crippen LogP contribution in [0.1, 0.15) is 25.7 Å². The van der Waals surface area contributed by atoms with Gasteiger partial charge in [-0.05, 0) is 25.7 Å². The molecule has 0 aliphatic carbocycles. The molecule has 2 aliphatic rings. The van der Waals surface area contributed by atoms with Crippen molar-refractivity contribution in [2.75, 3.05) is 26.4 Å². The Bertz CT molecular complexity index is 323. The zero-order chi connectivity index (χ0) is 14.2. The summed E-state index contributed by atoms with van der Waals surface area (Å²) in [5.41, 5.74) is 0. The average Bonchev–Trinajstić information content (AvgIpc) is 3.31. The molecule has 6 nitrogen and oxygen atoms in total. The molecule has 0 aromatic carbocycles. The molecule has 0 bridgehead atoms. The summed E-state index contributed by atoms with van der Waals surface area (Å²) in [5.74, 6) is -1.05. The molecular weight excluding hydrogens is 264 g/mol. The first-order valence-electron chi connectivity index (χ1n) is 6.99. The van der Waals surface area contributed by atoms with Crippen molar-refractivity contribution >= 4 is 11.9 Å². The van der Waals surface area contributed by atoms with Crippen molar-refractivity contribution in [3.8, 4) is 0 Å². The summed E-state index contributed by atoms with van der Waals surface area (Å²) in [6, 6.07) is 0. The Kier molecular flexibility index (Phi) is 6.01. The van der Waals surface area contributed by atoms with Gasteiger partial charge in [-0.25, -0.2) is 9.59 Å². The van der Waals surface area contributed by atoms with Gasteiger partial charge in [0.2, 0.25) is 0 Å². The highest BCUT2D eigenvalue weighted by molar-refractivity contribution is 5.91. The molecule has 2 saturated heterocycles. The highest BCUT2D eigenvalue weighted by atomic mass is 16.6. The largest absolute Gasteiger partial charge is 0.463 e. The van der Waals surface area contributed by atoms with Crippen LogP contribution >= 0.6 is 0 Å². The van der Waals surface area contributed by atoms with Crippen molar-refractivity contribution in [1.29, 1.82) is 0 Å². The van der Waals surface area contributed by atoms with Crippen LogP contribution in [-0.2, 0) is 28.5 Å². The Morgan fingerprint density at radius 3 is 1.65 bits per heavy atom. The maximum Gasteiger partial charge on any atom is 0.331 e. The third-order valence-electron chi connectivity index (χ3n) is 2.99. The van der Waals surface area contributed by atoms with Crippen LogP contribution in [0.3, 0.4) is 0 Å². The minimum Gasteiger partial charge on any atom is -0.463 e. The first kappa shape index (κ1) is 15.0. The summed E-state index contributed by atoms with van der Waals surface area (Å²) in [7, 11) is 0. The predicted octanol–water partition coefficient (Wildman–Crippen LogP) is 0.987. The summed E-state index contributed by atoms with van der Waals surface area (Å²) < 4.78 is 19.9. The van der Waals surface area contributed by atoms with Gasteiger partial charge in [-0.3, -0.25) is 0 Å². The molecule has 0 aromatic rings. The molecular formula is C14H20O6. The van der Waals surface area contributed by atoms with Gasteiger partial charge in [0.25, 0.3) is 0 Å². The SMILES string of the molecule is O=C(/C=C\C(=O)OCCCC1CO1)OCCCC1CO1. The predicted molar refractivity (Wildman–Crippen MR) is 69.0 cm³/mol. The third-order valence-corrected chi connectivity index (χ3v) is 2.99. The number of hydrogen-bond donors (Lipinski definition) is 0. The number of esters is 2. The Hall–Kier alpha value is -1.40. The molecule has 2 rings (SSSR count). The topological polar surface area (TPSA) is 77.7 Å². The van der Waals surface area contributed by atoms with Crippen LogP contribution in [0, 0.1) is 0 Å². The van der Waals surface area contributed by atoms with E-state index in [1.807, 2.05) is 0 Å². The fourth-order valence-electron chi connectivity index (χ4n) is 1.67. The highest BCUT2D eigenvalue weighted by Gasteiger charge is 2.21. The van der Waals surface area contributed by atoms with E-state index in [1.165, 1.54) is 0 Å². The normalized spacial score (nSPS) is 23.6.